The Morgan fingerprint density at radius 3 is 2.62 bits per heavy atom. The topological polar surface area (TPSA) is 53.6 Å². The zero-order valence-corrected chi connectivity index (χ0v) is 15.1. The number of hydrogen-bond donors (Lipinski definition) is 2. The first-order valence-corrected chi connectivity index (χ1v) is 9.24. The number of carbonyl (C=O) groups is 1. The highest BCUT2D eigenvalue weighted by molar-refractivity contribution is 5.97. The van der Waals surface area contributed by atoms with Gasteiger partial charge in [-0.2, -0.15) is 0 Å². The average Bonchev–Trinajstić information content (AvgIpc) is 3.33. The first-order valence-electron chi connectivity index (χ1n) is 9.24. The maximum Gasteiger partial charge on any atom is 0.230 e. The lowest BCUT2D eigenvalue weighted by Gasteiger charge is -2.18. The second-order valence-corrected chi connectivity index (χ2v) is 7.08. The quantitative estimate of drug-likeness (QED) is 0.869. The third kappa shape index (κ3) is 3.45. The van der Waals surface area contributed by atoms with E-state index in [1.807, 2.05) is 23.1 Å². The molecule has 0 spiro atoms. The molecule has 2 aromatic carbocycles. The fourth-order valence-corrected chi connectivity index (χ4v) is 3.89. The molecular formula is C21H25N3O2. The molecule has 2 saturated heterocycles. The average molecular weight is 351 g/mol. The van der Waals surface area contributed by atoms with Crippen LogP contribution in [0.15, 0.2) is 48.5 Å². The van der Waals surface area contributed by atoms with Crippen molar-refractivity contribution in [1.82, 2.24) is 10.9 Å². The number of carbonyl (C=O) groups excluding carboxylic acids is 1. The highest BCUT2D eigenvalue weighted by Gasteiger charge is 2.32. The minimum absolute atomic E-state index is 0.0463. The first kappa shape index (κ1) is 17.1. The lowest BCUT2D eigenvalue weighted by Crippen LogP contribution is -2.27. The molecule has 2 heterocycles. The first-order chi connectivity index (χ1) is 12.7. The standard InChI is InChI=1S/C21H25N3O2/c1-26-20-4-2-3-15(12-20)11-17-9-10-24(21(17)25)19-7-5-16(6-8-19)18-13-22-23-14-18/h2-8,12,17-18,22-23H,9-11,13-14H2,1H3. The van der Waals surface area contributed by atoms with Gasteiger partial charge in [0.2, 0.25) is 5.91 Å². The molecule has 136 valence electrons. The summed E-state index contributed by atoms with van der Waals surface area (Å²) in [5, 5.41) is 0. The summed E-state index contributed by atoms with van der Waals surface area (Å²) in [4.78, 5) is 14.8. The Labute approximate surface area is 154 Å². The predicted octanol–water partition coefficient (Wildman–Crippen LogP) is 2.48. The van der Waals surface area contributed by atoms with Crippen molar-refractivity contribution in [2.75, 3.05) is 31.6 Å². The molecule has 2 aromatic rings. The summed E-state index contributed by atoms with van der Waals surface area (Å²) in [6.07, 6.45) is 1.66. The van der Waals surface area contributed by atoms with E-state index in [9.17, 15) is 4.79 Å². The van der Waals surface area contributed by atoms with Gasteiger partial charge in [0.15, 0.2) is 0 Å². The molecular weight excluding hydrogens is 326 g/mol. The summed E-state index contributed by atoms with van der Waals surface area (Å²) in [7, 11) is 1.67. The largest absolute Gasteiger partial charge is 0.497 e. The van der Waals surface area contributed by atoms with Crippen LogP contribution >= 0.6 is 0 Å². The van der Waals surface area contributed by atoms with E-state index in [0.717, 1.165) is 49.5 Å². The molecule has 2 aliphatic heterocycles. The molecule has 4 rings (SSSR count). The lowest BCUT2D eigenvalue weighted by atomic mass is 9.98. The number of hydrogen-bond acceptors (Lipinski definition) is 4. The molecule has 2 fully saturated rings. The van der Waals surface area contributed by atoms with Crippen LogP contribution < -0.4 is 20.5 Å². The number of hydrazine groups is 1. The smallest absolute Gasteiger partial charge is 0.230 e. The monoisotopic (exact) mass is 351 g/mol. The van der Waals surface area contributed by atoms with Gasteiger partial charge in [0.05, 0.1) is 7.11 Å². The molecule has 5 nitrogen and oxygen atoms in total. The number of benzene rings is 2. The van der Waals surface area contributed by atoms with Gasteiger partial charge in [-0.05, 0) is 48.2 Å². The molecule has 5 heteroatoms. The fourth-order valence-electron chi connectivity index (χ4n) is 3.89. The summed E-state index contributed by atoms with van der Waals surface area (Å²) in [6, 6.07) is 16.5. The van der Waals surface area contributed by atoms with Gasteiger partial charge < -0.3 is 9.64 Å². The minimum Gasteiger partial charge on any atom is -0.497 e. The molecule has 1 unspecified atom stereocenters. The van der Waals surface area contributed by atoms with Crippen LogP contribution in [-0.4, -0.2) is 32.7 Å². The summed E-state index contributed by atoms with van der Waals surface area (Å²) in [5.74, 6) is 1.62. The van der Waals surface area contributed by atoms with Crippen molar-refractivity contribution in [1.29, 1.82) is 0 Å². The van der Waals surface area contributed by atoms with Crippen LogP contribution in [0.4, 0.5) is 5.69 Å². The molecule has 1 atom stereocenters. The van der Waals surface area contributed by atoms with Gasteiger partial charge in [-0.25, -0.2) is 0 Å². The highest BCUT2D eigenvalue weighted by atomic mass is 16.5. The van der Waals surface area contributed by atoms with Crippen molar-refractivity contribution in [3.63, 3.8) is 0 Å². The Morgan fingerprint density at radius 2 is 1.88 bits per heavy atom. The van der Waals surface area contributed by atoms with Crippen LogP contribution in [0.25, 0.3) is 0 Å². The van der Waals surface area contributed by atoms with E-state index in [1.165, 1.54) is 5.56 Å². The van der Waals surface area contributed by atoms with E-state index in [4.69, 9.17) is 4.74 Å². The number of rotatable bonds is 5. The second-order valence-electron chi connectivity index (χ2n) is 7.08. The van der Waals surface area contributed by atoms with Crippen molar-refractivity contribution in [3.05, 3.63) is 59.7 Å². The molecule has 0 saturated carbocycles. The molecule has 2 aliphatic rings. The van der Waals surface area contributed by atoms with E-state index in [2.05, 4.69) is 41.2 Å². The van der Waals surface area contributed by atoms with E-state index in [1.54, 1.807) is 7.11 Å². The Kier molecular flexibility index (Phi) is 4.91. The summed E-state index contributed by atoms with van der Waals surface area (Å²) in [6.45, 7) is 2.69. The zero-order valence-electron chi connectivity index (χ0n) is 15.1. The fraction of sp³-hybridized carbons (Fsp3) is 0.381. The SMILES string of the molecule is COc1cccc(CC2CCN(c3ccc(C4CNNC4)cc3)C2=O)c1. The lowest BCUT2D eigenvalue weighted by molar-refractivity contribution is -0.120. The zero-order chi connectivity index (χ0) is 17.9. The van der Waals surface area contributed by atoms with Gasteiger partial charge in [0.1, 0.15) is 5.75 Å². The molecule has 26 heavy (non-hydrogen) atoms. The van der Waals surface area contributed by atoms with Gasteiger partial charge in [0.25, 0.3) is 0 Å². The molecule has 0 radical (unpaired) electrons. The third-order valence-corrected chi connectivity index (χ3v) is 5.43. The van der Waals surface area contributed by atoms with Gasteiger partial charge in [-0.1, -0.05) is 24.3 Å². The highest BCUT2D eigenvalue weighted by Crippen LogP contribution is 2.29. The van der Waals surface area contributed by atoms with Gasteiger partial charge in [0, 0.05) is 37.2 Å². The van der Waals surface area contributed by atoms with Crippen molar-refractivity contribution in [3.8, 4) is 5.75 Å². The Balaban J connectivity index is 1.43. The van der Waals surface area contributed by atoms with E-state index < -0.39 is 0 Å². The molecule has 2 N–H and O–H groups in total. The predicted molar refractivity (Wildman–Crippen MR) is 102 cm³/mol. The molecule has 0 aromatic heterocycles. The Morgan fingerprint density at radius 1 is 1.12 bits per heavy atom. The van der Waals surface area contributed by atoms with Crippen LogP contribution in [0.3, 0.4) is 0 Å². The Hall–Kier alpha value is -2.37. The molecule has 1 amide bonds. The number of amides is 1. The molecule has 0 bridgehead atoms. The number of methoxy groups -OCH3 is 1. The number of ether oxygens (including phenoxy) is 1. The van der Waals surface area contributed by atoms with Gasteiger partial charge >= 0.3 is 0 Å². The third-order valence-electron chi connectivity index (χ3n) is 5.43. The van der Waals surface area contributed by atoms with E-state index in [-0.39, 0.29) is 11.8 Å². The van der Waals surface area contributed by atoms with E-state index >= 15 is 0 Å². The maximum absolute atomic E-state index is 12.9. The number of nitrogens with zero attached hydrogens (tertiary/aromatic N) is 1. The van der Waals surface area contributed by atoms with Crippen LogP contribution in [0.1, 0.15) is 23.5 Å². The van der Waals surface area contributed by atoms with Crippen LogP contribution in [0.5, 0.6) is 5.75 Å². The van der Waals surface area contributed by atoms with E-state index in [0.29, 0.717) is 5.92 Å². The van der Waals surface area contributed by atoms with Crippen LogP contribution in [0.2, 0.25) is 0 Å². The molecule has 0 aliphatic carbocycles. The Bertz CT molecular complexity index is 769. The summed E-state index contributed by atoms with van der Waals surface area (Å²) >= 11 is 0. The second kappa shape index (κ2) is 7.48. The van der Waals surface area contributed by atoms with Crippen LogP contribution in [-0.2, 0) is 11.2 Å². The van der Waals surface area contributed by atoms with Crippen molar-refractivity contribution < 1.29 is 9.53 Å². The van der Waals surface area contributed by atoms with Gasteiger partial charge in [-0.3, -0.25) is 15.6 Å². The van der Waals surface area contributed by atoms with Crippen molar-refractivity contribution in [2.45, 2.75) is 18.8 Å². The van der Waals surface area contributed by atoms with Crippen molar-refractivity contribution in [2.24, 2.45) is 5.92 Å². The summed E-state index contributed by atoms with van der Waals surface area (Å²) < 4.78 is 5.29. The number of nitrogens with one attached hydrogen (secondary N) is 2. The normalized spacial score (nSPS) is 20.7. The van der Waals surface area contributed by atoms with Gasteiger partial charge in [-0.15, -0.1) is 0 Å². The minimum atomic E-state index is 0.0463. The summed E-state index contributed by atoms with van der Waals surface area (Å²) in [5.41, 5.74) is 9.79. The maximum atomic E-state index is 12.9. The van der Waals surface area contributed by atoms with Crippen LogP contribution in [0, 0.1) is 5.92 Å². The van der Waals surface area contributed by atoms with Crippen molar-refractivity contribution >= 4 is 11.6 Å². The number of anilines is 1.